The van der Waals surface area contributed by atoms with E-state index >= 15 is 0 Å². The largest absolute Gasteiger partial charge is 0.495 e. The molecule has 1 aromatic heterocycles. The van der Waals surface area contributed by atoms with Gasteiger partial charge in [0.2, 0.25) is 0 Å². The smallest absolute Gasteiger partial charge is 0.187 e. The second kappa shape index (κ2) is 5.24. The maximum atomic E-state index is 5.84. The number of hydrogen-bond donors (Lipinski definition) is 1. The molecule has 0 aliphatic rings. The number of rotatable bonds is 3. The van der Waals surface area contributed by atoms with Gasteiger partial charge in [-0.05, 0) is 47.2 Å². The zero-order valence-corrected chi connectivity index (χ0v) is 11.8. The summed E-state index contributed by atoms with van der Waals surface area (Å²) in [5, 5.41) is 12.0. The van der Waals surface area contributed by atoms with Gasteiger partial charge in [-0.3, -0.25) is 0 Å². The lowest BCUT2D eigenvalue weighted by Gasteiger charge is -2.09. The molecule has 0 aliphatic carbocycles. The standard InChI is InChI=1S/C15H15N5O/c1-10-5-3-4-6-13(10)20-15(17-18-19-20)11-7-8-12(16)14(9-11)21-2/h3-9H,16H2,1-2H3. The highest BCUT2D eigenvalue weighted by Crippen LogP contribution is 2.28. The number of anilines is 1. The molecule has 0 saturated carbocycles. The number of para-hydroxylation sites is 1. The Morgan fingerprint density at radius 2 is 1.95 bits per heavy atom. The van der Waals surface area contributed by atoms with E-state index in [2.05, 4.69) is 15.5 Å². The highest BCUT2D eigenvalue weighted by atomic mass is 16.5. The van der Waals surface area contributed by atoms with Crippen LogP contribution in [0, 0.1) is 6.92 Å². The van der Waals surface area contributed by atoms with E-state index < -0.39 is 0 Å². The Balaban J connectivity index is 2.14. The Morgan fingerprint density at radius 1 is 1.14 bits per heavy atom. The average molecular weight is 281 g/mol. The molecule has 0 radical (unpaired) electrons. The summed E-state index contributed by atoms with van der Waals surface area (Å²) in [5.74, 6) is 1.24. The molecule has 0 unspecified atom stereocenters. The van der Waals surface area contributed by atoms with Crippen LogP contribution in [0.1, 0.15) is 5.56 Å². The third-order valence-electron chi connectivity index (χ3n) is 3.30. The highest BCUT2D eigenvalue weighted by Gasteiger charge is 2.13. The molecule has 0 aliphatic heterocycles. The van der Waals surface area contributed by atoms with Crippen molar-refractivity contribution in [2.24, 2.45) is 0 Å². The summed E-state index contributed by atoms with van der Waals surface area (Å²) in [5.41, 5.74) is 9.29. The minimum atomic E-state index is 0.580. The van der Waals surface area contributed by atoms with Crippen LogP contribution in [-0.2, 0) is 0 Å². The lowest BCUT2D eigenvalue weighted by Crippen LogP contribution is -2.02. The molecule has 21 heavy (non-hydrogen) atoms. The molecule has 0 saturated heterocycles. The van der Waals surface area contributed by atoms with Crippen LogP contribution in [0.15, 0.2) is 42.5 Å². The number of nitrogen functional groups attached to an aromatic ring is 1. The number of nitrogens with two attached hydrogens (primary N) is 1. The summed E-state index contributed by atoms with van der Waals surface area (Å²) >= 11 is 0. The summed E-state index contributed by atoms with van der Waals surface area (Å²) in [7, 11) is 1.58. The van der Waals surface area contributed by atoms with Crippen LogP contribution in [0.5, 0.6) is 5.75 Å². The maximum absolute atomic E-state index is 5.84. The van der Waals surface area contributed by atoms with E-state index in [0.717, 1.165) is 16.8 Å². The number of methoxy groups -OCH3 is 1. The van der Waals surface area contributed by atoms with Crippen molar-refractivity contribution < 1.29 is 4.74 Å². The van der Waals surface area contributed by atoms with Gasteiger partial charge in [0.1, 0.15) is 5.75 Å². The van der Waals surface area contributed by atoms with E-state index in [0.29, 0.717) is 17.3 Å². The normalized spacial score (nSPS) is 10.6. The first-order chi connectivity index (χ1) is 10.2. The fourth-order valence-corrected chi connectivity index (χ4v) is 2.18. The van der Waals surface area contributed by atoms with Crippen LogP contribution in [0.25, 0.3) is 17.1 Å². The van der Waals surface area contributed by atoms with Gasteiger partial charge in [-0.25, -0.2) is 0 Å². The molecule has 0 spiro atoms. The molecule has 3 aromatic rings. The second-order valence-corrected chi connectivity index (χ2v) is 4.66. The number of nitrogens with zero attached hydrogens (tertiary/aromatic N) is 4. The molecule has 2 aromatic carbocycles. The van der Waals surface area contributed by atoms with Gasteiger partial charge < -0.3 is 10.5 Å². The molecule has 0 amide bonds. The lowest BCUT2D eigenvalue weighted by molar-refractivity contribution is 0.417. The summed E-state index contributed by atoms with van der Waals surface area (Å²) in [4.78, 5) is 0. The molecule has 106 valence electrons. The van der Waals surface area contributed by atoms with Crippen molar-refractivity contribution in [3.63, 3.8) is 0 Å². The van der Waals surface area contributed by atoms with Crippen LogP contribution in [0.4, 0.5) is 5.69 Å². The number of hydrogen-bond acceptors (Lipinski definition) is 5. The van der Waals surface area contributed by atoms with E-state index in [1.807, 2.05) is 43.3 Å². The molecule has 2 N–H and O–H groups in total. The monoisotopic (exact) mass is 281 g/mol. The van der Waals surface area contributed by atoms with Crippen molar-refractivity contribution in [2.45, 2.75) is 6.92 Å². The Kier molecular flexibility index (Phi) is 3.27. The number of benzene rings is 2. The number of aromatic nitrogens is 4. The Hall–Kier alpha value is -2.89. The zero-order valence-electron chi connectivity index (χ0n) is 11.8. The molecule has 0 bridgehead atoms. The Bertz CT molecular complexity index is 781. The fraction of sp³-hybridized carbons (Fsp3) is 0.133. The van der Waals surface area contributed by atoms with E-state index in [-0.39, 0.29) is 0 Å². The van der Waals surface area contributed by atoms with Gasteiger partial charge in [-0.15, -0.1) is 5.10 Å². The van der Waals surface area contributed by atoms with Crippen LogP contribution in [0.2, 0.25) is 0 Å². The first-order valence-corrected chi connectivity index (χ1v) is 6.49. The SMILES string of the molecule is COc1cc(-c2nnnn2-c2ccccc2C)ccc1N. The van der Waals surface area contributed by atoms with Crippen LogP contribution < -0.4 is 10.5 Å². The quantitative estimate of drug-likeness (QED) is 0.745. The average Bonchev–Trinajstić information content (AvgIpc) is 2.97. The Morgan fingerprint density at radius 3 is 2.71 bits per heavy atom. The predicted molar refractivity (Wildman–Crippen MR) is 80.3 cm³/mol. The van der Waals surface area contributed by atoms with Crippen LogP contribution in [0.3, 0.4) is 0 Å². The summed E-state index contributed by atoms with van der Waals surface area (Å²) in [6.45, 7) is 2.02. The molecule has 1 heterocycles. The van der Waals surface area contributed by atoms with Crippen LogP contribution >= 0.6 is 0 Å². The minimum Gasteiger partial charge on any atom is -0.495 e. The minimum absolute atomic E-state index is 0.580. The number of tetrazole rings is 1. The highest BCUT2D eigenvalue weighted by molar-refractivity contribution is 5.66. The summed E-state index contributed by atoms with van der Waals surface area (Å²) in [6, 6.07) is 13.4. The van der Waals surface area contributed by atoms with Crippen molar-refractivity contribution in [3.05, 3.63) is 48.0 Å². The van der Waals surface area contributed by atoms with Gasteiger partial charge in [0, 0.05) is 5.56 Å². The van der Waals surface area contributed by atoms with Gasteiger partial charge in [0.05, 0.1) is 18.5 Å². The molecular formula is C15H15N5O. The van der Waals surface area contributed by atoms with Gasteiger partial charge in [-0.1, -0.05) is 18.2 Å². The van der Waals surface area contributed by atoms with Gasteiger partial charge in [0.25, 0.3) is 0 Å². The third-order valence-corrected chi connectivity index (χ3v) is 3.30. The van der Waals surface area contributed by atoms with Crippen LogP contribution in [-0.4, -0.2) is 27.3 Å². The van der Waals surface area contributed by atoms with Crippen molar-refractivity contribution >= 4 is 5.69 Å². The molecule has 0 atom stereocenters. The molecule has 3 rings (SSSR count). The van der Waals surface area contributed by atoms with Crippen molar-refractivity contribution in [2.75, 3.05) is 12.8 Å². The van der Waals surface area contributed by atoms with Crippen molar-refractivity contribution in [1.82, 2.24) is 20.2 Å². The van der Waals surface area contributed by atoms with E-state index in [1.54, 1.807) is 17.9 Å². The zero-order chi connectivity index (χ0) is 14.8. The fourth-order valence-electron chi connectivity index (χ4n) is 2.18. The molecule has 6 nitrogen and oxygen atoms in total. The van der Waals surface area contributed by atoms with E-state index in [4.69, 9.17) is 10.5 Å². The molecular weight excluding hydrogens is 266 g/mol. The molecule has 0 fully saturated rings. The predicted octanol–water partition coefficient (Wildman–Crippen LogP) is 2.23. The van der Waals surface area contributed by atoms with E-state index in [9.17, 15) is 0 Å². The van der Waals surface area contributed by atoms with Crippen molar-refractivity contribution in [3.8, 4) is 22.8 Å². The Labute approximate surface area is 122 Å². The third kappa shape index (κ3) is 2.31. The van der Waals surface area contributed by atoms with Gasteiger partial charge in [0.15, 0.2) is 5.82 Å². The molecule has 6 heteroatoms. The van der Waals surface area contributed by atoms with Gasteiger partial charge in [-0.2, -0.15) is 4.68 Å². The first-order valence-electron chi connectivity index (χ1n) is 6.49. The number of aryl methyl sites for hydroxylation is 1. The summed E-state index contributed by atoms with van der Waals surface area (Å²) < 4.78 is 6.96. The second-order valence-electron chi connectivity index (χ2n) is 4.66. The number of ether oxygens (including phenoxy) is 1. The van der Waals surface area contributed by atoms with E-state index in [1.165, 1.54) is 0 Å². The van der Waals surface area contributed by atoms with Gasteiger partial charge >= 0.3 is 0 Å². The van der Waals surface area contributed by atoms with Crippen molar-refractivity contribution in [1.29, 1.82) is 0 Å². The maximum Gasteiger partial charge on any atom is 0.187 e. The topological polar surface area (TPSA) is 78.9 Å². The summed E-state index contributed by atoms with van der Waals surface area (Å²) in [6.07, 6.45) is 0. The lowest BCUT2D eigenvalue weighted by atomic mass is 10.1. The first kappa shape index (κ1) is 13.1.